The molecule has 8 nitrogen and oxygen atoms in total. The van der Waals surface area contributed by atoms with Crippen molar-refractivity contribution in [2.75, 3.05) is 18.5 Å². The molecule has 0 saturated heterocycles. The molecule has 35 heavy (non-hydrogen) atoms. The van der Waals surface area contributed by atoms with E-state index >= 15 is 0 Å². The van der Waals surface area contributed by atoms with Crippen LogP contribution in [0.4, 0.5) is 11.4 Å². The highest BCUT2D eigenvalue weighted by Gasteiger charge is 2.18. The van der Waals surface area contributed by atoms with E-state index in [1.54, 1.807) is 18.3 Å². The summed E-state index contributed by atoms with van der Waals surface area (Å²) in [5.41, 5.74) is 4.77. The Morgan fingerprint density at radius 1 is 1.17 bits per heavy atom. The third-order valence-electron chi connectivity index (χ3n) is 5.78. The van der Waals surface area contributed by atoms with Crippen LogP contribution in [-0.4, -0.2) is 36.6 Å². The highest BCUT2D eigenvalue weighted by molar-refractivity contribution is 7.89. The smallest absolute Gasteiger partial charge is 0.240 e. The number of nitrogens with zero attached hydrogens (tertiary/aromatic N) is 2. The van der Waals surface area contributed by atoms with Crippen molar-refractivity contribution in [1.29, 1.82) is 5.26 Å². The average Bonchev–Trinajstić information content (AvgIpc) is 3.52. The topological polar surface area (TPSA) is 131 Å². The Labute approximate surface area is 205 Å². The van der Waals surface area contributed by atoms with E-state index in [1.165, 1.54) is 17.4 Å². The number of benzene rings is 2. The summed E-state index contributed by atoms with van der Waals surface area (Å²) >= 11 is 1.42. The molecule has 0 aliphatic carbocycles. The normalized spacial score (nSPS) is 11.7. The van der Waals surface area contributed by atoms with E-state index in [1.807, 2.05) is 43.5 Å². The molecule has 5 rings (SSSR count). The zero-order chi connectivity index (χ0) is 24.6. The number of H-pyrrole nitrogens is 1. The van der Waals surface area contributed by atoms with Crippen LogP contribution in [0, 0.1) is 18.3 Å². The summed E-state index contributed by atoms with van der Waals surface area (Å²) in [6.45, 7) is 1.69. The molecule has 0 unspecified atom stereocenters. The van der Waals surface area contributed by atoms with E-state index in [0.717, 1.165) is 37.2 Å². The second-order valence-corrected chi connectivity index (χ2v) is 10.7. The van der Waals surface area contributed by atoms with Crippen LogP contribution in [0.2, 0.25) is 0 Å². The van der Waals surface area contributed by atoms with E-state index in [2.05, 4.69) is 26.1 Å². The minimum atomic E-state index is -3.74. The molecule has 176 valence electrons. The molecule has 10 heteroatoms. The number of nitriles is 1. The number of aromatic amines is 1. The van der Waals surface area contributed by atoms with Crippen LogP contribution in [0.25, 0.3) is 31.6 Å². The molecule has 0 fully saturated rings. The molecule has 0 aliphatic heterocycles. The number of aliphatic hydroxyl groups excluding tert-OH is 1. The summed E-state index contributed by atoms with van der Waals surface area (Å²) in [4.78, 5) is 9.34. The maximum absolute atomic E-state index is 12.5. The lowest BCUT2D eigenvalue weighted by molar-refractivity contribution is 0.301. The van der Waals surface area contributed by atoms with Gasteiger partial charge in [-0.1, -0.05) is 12.1 Å². The number of anilines is 2. The summed E-state index contributed by atoms with van der Waals surface area (Å²) in [6, 6.07) is 16.7. The molecule has 0 aliphatic rings. The van der Waals surface area contributed by atoms with Crippen LogP contribution in [0.5, 0.6) is 0 Å². The summed E-state index contributed by atoms with van der Waals surface area (Å²) < 4.78 is 27.4. The molecule has 3 heterocycles. The first-order valence-electron chi connectivity index (χ1n) is 10.8. The fraction of sp³-hybridized carbons (Fsp3) is 0.120. The number of hydrogen-bond acceptors (Lipinski definition) is 7. The van der Waals surface area contributed by atoms with Gasteiger partial charge in [-0.05, 0) is 54.4 Å². The van der Waals surface area contributed by atoms with Gasteiger partial charge in [0, 0.05) is 45.8 Å². The van der Waals surface area contributed by atoms with Crippen LogP contribution >= 0.6 is 11.3 Å². The predicted octanol–water partition coefficient (Wildman–Crippen LogP) is 4.64. The van der Waals surface area contributed by atoms with Crippen molar-refractivity contribution in [2.45, 2.75) is 11.8 Å². The van der Waals surface area contributed by atoms with Crippen molar-refractivity contribution in [3.8, 4) is 16.5 Å². The van der Waals surface area contributed by atoms with Gasteiger partial charge in [0.2, 0.25) is 10.0 Å². The maximum atomic E-state index is 12.5. The lowest BCUT2D eigenvalue weighted by Crippen LogP contribution is -2.26. The fourth-order valence-electron chi connectivity index (χ4n) is 3.98. The molecular weight excluding hydrogens is 482 g/mol. The molecule has 4 N–H and O–H groups in total. The average molecular weight is 504 g/mol. The van der Waals surface area contributed by atoms with Crippen molar-refractivity contribution in [1.82, 2.24) is 14.7 Å². The van der Waals surface area contributed by atoms with Crippen LogP contribution in [0.1, 0.15) is 11.1 Å². The van der Waals surface area contributed by atoms with Crippen molar-refractivity contribution in [3.63, 3.8) is 0 Å². The monoisotopic (exact) mass is 503 g/mol. The van der Waals surface area contributed by atoms with Crippen LogP contribution < -0.4 is 10.0 Å². The van der Waals surface area contributed by atoms with Crippen LogP contribution in [0.3, 0.4) is 0 Å². The Bertz CT molecular complexity index is 1710. The Balaban J connectivity index is 1.59. The predicted molar refractivity (Wildman–Crippen MR) is 138 cm³/mol. The largest absolute Gasteiger partial charge is 0.395 e. The van der Waals surface area contributed by atoms with Gasteiger partial charge >= 0.3 is 0 Å². The number of aryl methyl sites for hydroxylation is 1. The summed E-state index contributed by atoms with van der Waals surface area (Å²) in [5.74, 6) is 0. The lowest BCUT2D eigenvalue weighted by Gasteiger charge is -2.12. The second-order valence-electron chi connectivity index (χ2n) is 7.94. The SMILES string of the molecule is Cc1c(Nc2c(C#N)cnc3sc(-c4cccc(S(=O)(=O)NCCO)c4)cc23)ccc2[nH]ccc12. The van der Waals surface area contributed by atoms with Crippen molar-refractivity contribution in [2.24, 2.45) is 0 Å². The van der Waals surface area contributed by atoms with Gasteiger partial charge in [0.05, 0.1) is 22.8 Å². The number of aliphatic hydroxyl groups is 1. The first kappa shape index (κ1) is 23.0. The highest BCUT2D eigenvalue weighted by Crippen LogP contribution is 2.39. The number of nitrogens with one attached hydrogen (secondary N) is 3. The quantitative estimate of drug-likeness (QED) is 0.256. The molecule has 0 spiro atoms. The number of pyridine rings is 1. The number of hydrogen-bond donors (Lipinski definition) is 4. The highest BCUT2D eigenvalue weighted by atomic mass is 32.2. The van der Waals surface area contributed by atoms with Gasteiger partial charge in [-0.3, -0.25) is 0 Å². The third kappa shape index (κ3) is 4.26. The summed E-state index contributed by atoms with van der Waals surface area (Å²) in [7, 11) is -3.74. The maximum Gasteiger partial charge on any atom is 0.240 e. The van der Waals surface area contributed by atoms with E-state index < -0.39 is 10.0 Å². The fourth-order valence-corrected chi connectivity index (χ4v) is 6.06. The molecule has 2 aromatic carbocycles. The van der Waals surface area contributed by atoms with E-state index in [-0.39, 0.29) is 18.0 Å². The standard InChI is InChI=1S/C25H21N5O3S2/c1-15-19-7-8-27-22(19)6-5-21(15)30-24-17(13-26)14-28-25-20(24)12-23(34-25)16-3-2-4-18(11-16)35(32,33)29-9-10-31/h2-8,11-12,14,27,29,31H,9-10H2,1H3,(H,28,30). The first-order chi connectivity index (χ1) is 16.9. The molecular formula is C25H21N5O3S2. The van der Waals surface area contributed by atoms with Gasteiger partial charge in [-0.25, -0.2) is 18.1 Å². The third-order valence-corrected chi connectivity index (χ3v) is 8.33. The lowest BCUT2D eigenvalue weighted by atomic mass is 10.1. The van der Waals surface area contributed by atoms with Crippen LogP contribution in [-0.2, 0) is 10.0 Å². The Kier molecular flexibility index (Phi) is 6.00. The van der Waals surface area contributed by atoms with Crippen molar-refractivity contribution in [3.05, 3.63) is 72.1 Å². The number of sulfonamides is 1. The number of aromatic nitrogens is 2. The number of rotatable bonds is 7. The van der Waals surface area contributed by atoms with Gasteiger partial charge in [0.25, 0.3) is 0 Å². The Morgan fingerprint density at radius 3 is 2.83 bits per heavy atom. The zero-order valence-electron chi connectivity index (χ0n) is 18.7. The van der Waals surface area contributed by atoms with Crippen molar-refractivity contribution < 1.29 is 13.5 Å². The molecule has 0 saturated carbocycles. The molecule has 0 radical (unpaired) electrons. The van der Waals surface area contributed by atoms with Gasteiger partial charge in [-0.2, -0.15) is 5.26 Å². The minimum Gasteiger partial charge on any atom is -0.395 e. The first-order valence-corrected chi connectivity index (χ1v) is 13.1. The Hall–Kier alpha value is -3.75. The molecule has 0 bridgehead atoms. The second kappa shape index (κ2) is 9.13. The summed E-state index contributed by atoms with van der Waals surface area (Å²) in [6.07, 6.45) is 3.44. The molecule has 0 amide bonds. The zero-order valence-corrected chi connectivity index (χ0v) is 20.3. The van der Waals surface area contributed by atoms with Gasteiger partial charge in [0.15, 0.2) is 0 Å². The molecule has 0 atom stereocenters. The van der Waals surface area contributed by atoms with Gasteiger partial charge in [-0.15, -0.1) is 11.3 Å². The summed E-state index contributed by atoms with van der Waals surface area (Å²) in [5, 5.41) is 24.0. The van der Waals surface area contributed by atoms with E-state index in [9.17, 15) is 13.7 Å². The van der Waals surface area contributed by atoms with Gasteiger partial charge in [0.1, 0.15) is 10.9 Å². The Morgan fingerprint density at radius 2 is 2.03 bits per heavy atom. The van der Waals surface area contributed by atoms with Crippen LogP contribution in [0.15, 0.2) is 65.8 Å². The number of thiophene rings is 1. The van der Waals surface area contributed by atoms with Crippen molar-refractivity contribution >= 4 is 53.9 Å². The molecule has 3 aromatic heterocycles. The molecule has 5 aromatic rings. The minimum absolute atomic E-state index is 0.0563. The van der Waals surface area contributed by atoms with E-state index in [4.69, 9.17) is 5.11 Å². The van der Waals surface area contributed by atoms with E-state index in [0.29, 0.717) is 16.8 Å². The van der Waals surface area contributed by atoms with Gasteiger partial charge < -0.3 is 15.4 Å². The number of fused-ring (bicyclic) bond motifs is 2.